The molecule has 1 aromatic carbocycles. The van der Waals surface area contributed by atoms with Crippen LogP contribution in [0.3, 0.4) is 0 Å². The lowest BCUT2D eigenvalue weighted by Gasteiger charge is -2.20. The van der Waals surface area contributed by atoms with Gasteiger partial charge in [0, 0.05) is 61.0 Å². The fraction of sp³-hybridized carbons (Fsp3) is 0.200. The van der Waals surface area contributed by atoms with E-state index in [0.29, 0.717) is 39.5 Å². The first kappa shape index (κ1) is 29.2. The van der Waals surface area contributed by atoms with Crippen molar-refractivity contribution >= 4 is 17.5 Å². The minimum absolute atomic E-state index is 0.0190. The molecule has 7 nitrogen and oxygen atoms in total. The first-order chi connectivity index (χ1) is 19.4. The minimum Gasteiger partial charge on any atom is -0.378 e. The molecule has 0 saturated carbocycles. The maximum atomic E-state index is 14.8. The zero-order chi connectivity index (χ0) is 29.8. The van der Waals surface area contributed by atoms with Crippen LogP contribution >= 0.6 is 0 Å². The van der Waals surface area contributed by atoms with Crippen molar-refractivity contribution in [3.05, 3.63) is 118 Å². The summed E-state index contributed by atoms with van der Waals surface area (Å²) in [7, 11) is 3.30. The van der Waals surface area contributed by atoms with Crippen LogP contribution in [0.4, 0.5) is 23.2 Å². The Kier molecular flexibility index (Phi) is 8.65. The molecular weight excluding hydrogens is 536 g/mol. The van der Waals surface area contributed by atoms with Crippen LogP contribution in [-0.2, 0) is 7.05 Å². The highest BCUT2D eigenvalue weighted by molar-refractivity contribution is 6.09. The van der Waals surface area contributed by atoms with Crippen LogP contribution in [0.2, 0.25) is 0 Å². The Morgan fingerprint density at radius 1 is 0.951 bits per heavy atom. The third-order valence-corrected chi connectivity index (χ3v) is 6.58. The predicted octanol–water partition coefficient (Wildman–Crippen LogP) is 6.49. The summed E-state index contributed by atoms with van der Waals surface area (Å²) in [5, 5.41) is 8.77. The van der Waals surface area contributed by atoms with E-state index >= 15 is 0 Å². The summed E-state index contributed by atoms with van der Waals surface area (Å²) in [4.78, 5) is 21.7. The summed E-state index contributed by atoms with van der Waals surface area (Å²) in [6.07, 6.45) is 3.60. The summed E-state index contributed by atoms with van der Waals surface area (Å²) < 4.78 is 56.9. The maximum absolute atomic E-state index is 14.8. The lowest BCUT2D eigenvalue weighted by atomic mass is 10.0. The average Bonchev–Trinajstić information content (AvgIpc) is 2.94. The minimum atomic E-state index is -2.92. The number of rotatable bonds is 6. The van der Waals surface area contributed by atoms with E-state index < -0.39 is 35.2 Å². The number of alkyl halides is 2. The number of hydrogen-bond acceptors (Lipinski definition) is 6. The predicted molar refractivity (Wildman–Crippen MR) is 152 cm³/mol. The average molecular weight is 565 g/mol. The number of benzene rings is 1. The number of nitrogens with zero attached hydrogens (tertiary/aromatic N) is 5. The summed E-state index contributed by atoms with van der Waals surface area (Å²) in [5.74, 6) is -1.09. The molecule has 0 unspecified atom stereocenters. The molecule has 3 aromatic rings. The van der Waals surface area contributed by atoms with Gasteiger partial charge < -0.3 is 9.88 Å². The summed E-state index contributed by atoms with van der Waals surface area (Å²) in [6, 6.07) is 7.38. The number of nitrogens with one attached hydrogen (secondary N) is 1. The SMILES string of the molecule is C=C1C=C(c2ncc(-c3cc(C)c([C@@H](C)Nc4ccc(F)cc4C(F)F)cc(F)ccc(=O)n3C)cn2)C=NN1C. The number of aryl methyl sites for hydroxylation is 1. The smallest absolute Gasteiger partial charge is 0.265 e. The van der Waals surface area contributed by atoms with Crippen LogP contribution in [-0.4, -0.2) is 32.8 Å². The Balaban J connectivity index is 1.81. The van der Waals surface area contributed by atoms with Crippen molar-refractivity contribution in [2.75, 3.05) is 12.4 Å². The van der Waals surface area contributed by atoms with Crippen molar-refractivity contribution in [2.45, 2.75) is 26.3 Å². The van der Waals surface area contributed by atoms with Crippen LogP contribution in [0, 0.1) is 18.6 Å². The Bertz CT molecular complexity index is 1660. The van der Waals surface area contributed by atoms with Crippen LogP contribution in [0.15, 0.2) is 83.1 Å². The molecule has 41 heavy (non-hydrogen) atoms. The standard InChI is InChI=1S/C30H28F4N6O/c1-17-10-27(21-14-35-30(36-15-21)20-11-18(2)40(5)37-16-20)39(4)28(41)9-7-23(32)12-24(17)19(3)38-26-8-6-22(31)13-25(26)29(33)34/h6-16,19,29,38H,2H2,1,3-5H3/t19-/m1/s1. The first-order valence-corrected chi connectivity index (χ1v) is 12.5. The Labute approximate surface area is 234 Å². The molecule has 0 saturated heterocycles. The van der Waals surface area contributed by atoms with E-state index in [1.807, 2.05) is 0 Å². The normalized spacial score (nSPS) is 13.6. The molecule has 3 heterocycles. The molecule has 2 aromatic heterocycles. The second kappa shape index (κ2) is 12.2. The molecule has 0 bridgehead atoms. The number of allylic oxidation sites excluding steroid dienone is 2. The summed E-state index contributed by atoms with van der Waals surface area (Å²) in [6.45, 7) is 7.30. The van der Waals surface area contributed by atoms with Crippen LogP contribution in [0.1, 0.15) is 41.9 Å². The number of anilines is 1. The van der Waals surface area contributed by atoms with Crippen molar-refractivity contribution in [3.8, 4) is 11.3 Å². The second-order valence-corrected chi connectivity index (χ2v) is 9.48. The Morgan fingerprint density at radius 3 is 2.22 bits per heavy atom. The molecular formula is C30H28F4N6O. The van der Waals surface area contributed by atoms with Gasteiger partial charge in [0.2, 0.25) is 0 Å². The van der Waals surface area contributed by atoms with Crippen molar-refractivity contribution < 1.29 is 17.6 Å². The second-order valence-electron chi connectivity index (χ2n) is 9.48. The van der Waals surface area contributed by atoms with Crippen molar-refractivity contribution in [1.82, 2.24) is 19.5 Å². The van der Waals surface area contributed by atoms with Crippen molar-refractivity contribution in [2.24, 2.45) is 12.1 Å². The number of hydrazone groups is 1. The van der Waals surface area contributed by atoms with Gasteiger partial charge in [0.1, 0.15) is 11.6 Å². The van der Waals surface area contributed by atoms with E-state index in [1.54, 1.807) is 56.7 Å². The molecule has 1 aliphatic heterocycles. The summed E-state index contributed by atoms with van der Waals surface area (Å²) in [5.41, 5.74) is 2.24. The lowest BCUT2D eigenvalue weighted by molar-refractivity contribution is 0.151. The van der Waals surface area contributed by atoms with E-state index in [9.17, 15) is 22.4 Å². The third kappa shape index (κ3) is 6.68. The van der Waals surface area contributed by atoms with E-state index in [1.165, 1.54) is 23.7 Å². The fourth-order valence-corrected chi connectivity index (χ4v) is 4.24. The van der Waals surface area contributed by atoms with Gasteiger partial charge in [0.15, 0.2) is 5.82 Å². The number of aromatic nitrogens is 3. The first-order valence-electron chi connectivity index (χ1n) is 12.5. The van der Waals surface area contributed by atoms with Gasteiger partial charge >= 0.3 is 0 Å². The third-order valence-electron chi connectivity index (χ3n) is 6.58. The number of halogens is 4. The quantitative estimate of drug-likeness (QED) is 0.347. The molecule has 4 rings (SSSR count). The van der Waals surface area contributed by atoms with Gasteiger partial charge in [-0.25, -0.2) is 27.5 Å². The van der Waals surface area contributed by atoms with Gasteiger partial charge in [-0.2, -0.15) is 5.10 Å². The van der Waals surface area contributed by atoms with Gasteiger partial charge in [-0.05, 0) is 67.4 Å². The molecule has 0 fully saturated rings. The molecule has 1 aliphatic rings. The molecule has 1 N–H and O–H groups in total. The number of hydrogen-bond donors (Lipinski definition) is 1. The Hall–Kier alpha value is -4.80. The monoisotopic (exact) mass is 564 g/mol. The highest BCUT2D eigenvalue weighted by Crippen LogP contribution is 2.31. The maximum Gasteiger partial charge on any atom is 0.265 e. The zero-order valence-corrected chi connectivity index (χ0v) is 22.9. The van der Waals surface area contributed by atoms with Crippen molar-refractivity contribution in [3.63, 3.8) is 0 Å². The van der Waals surface area contributed by atoms with E-state index in [4.69, 9.17) is 0 Å². The van der Waals surface area contributed by atoms with Crippen LogP contribution < -0.4 is 10.9 Å². The number of likely N-dealkylation sites (N-methyl/N-ethyl adjacent to an activating group) is 1. The van der Waals surface area contributed by atoms with E-state index in [-0.39, 0.29) is 5.69 Å². The van der Waals surface area contributed by atoms with Crippen molar-refractivity contribution in [1.29, 1.82) is 0 Å². The highest BCUT2D eigenvalue weighted by atomic mass is 19.3. The van der Waals surface area contributed by atoms with Crippen LogP contribution in [0.25, 0.3) is 16.8 Å². The molecule has 0 radical (unpaired) electrons. The summed E-state index contributed by atoms with van der Waals surface area (Å²) >= 11 is 0. The zero-order valence-electron chi connectivity index (χ0n) is 22.9. The molecule has 0 aliphatic carbocycles. The molecule has 212 valence electrons. The molecule has 0 spiro atoms. The van der Waals surface area contributed by atoms with E-state index in [2.05, 4.69) is 27.0 Å². The highest BCUT2D eigenvalue weighted by Gasteiger charge is 2.18. The van der Waals surface area contributed by atoms with Gasteiger partial charge in [0.05, 0.1) is 17.6 Å². The van der Waals surface area contributed by atoms with Gasteiger partial charge in [-0.1, -0.05) is 6.58 Å². The van der Waals surface area contributed by atoms with Gasteiger partial charge in [-0.15, -0.1) is 0 Å². The van der Waals surface area contributed by atoms with E-state index in [0.717, 1.165) is 24.3 Å². The molecule has 1 atom stereocenters. The van der Waals surface area contributed by atoms with Crippen LogP contribution in [0.5, 0.6) is 0 Å². The lowest BCUT2D eigenvalue weighted by Crippen LogP contribution is -2.16. The molecule has 11 heteroatoms. The van der Waals surface area contributed by atoms with Gasteiger partial charge in [-0.3, -0.25) is 9.80 Å². The fourth-order valence-electron chi connectivity index (χ4n) is 4.24. The van der Waals surface area contributed by atoms with Gasteiger partial charge in [0.25, 0.3) is 12.0 Å². The molecule has 0 amide bonds. The largest absolute Gasteiger partial charge is 0.378 e. The Morgan fingerprint density at radius 2 is 1.59 bits per heavy atom. The topological polar surface area (TPSA) is 75.4 Å².